The van der Waals surface area contributed by atoms with Crippen molar-refractivity contribution in [1.29, 1.82) is 0 Å². The molecule has 312 valence electrons. The van der Waals surface area contributed by atoms with E-state index in [4.69, 9.17) is 18.9 Å². The van der Waals surface area contributed by atoms with Crippen molar-refractivity contribution in [2.75, 3.05) is 20.8 Å². The Balaban J connectivity index is 1.75. The molecule has 1 aliphatic carbocycles. The minimum absolute atomic E-state index is 0.0102. The van der Waals surface area contributed by atoms with Crippen molar-refractivity contribution in [3.05, 3.63) is 23.3 Å². The van der Waals surface area contributed by atoms with Gasteiger partial charge in [-0.15, -0.1) is 0 Å². The molecule has 3 aliphatic heterocycles. The molecule has 2 bridgehead atoms. The lowest BCUT2D eigenvalue weighted by Crippen LogP contribution is -2.63. The van der Waals surface area contributed by atoms with Crippen LogP contribution in [0.25, 0.3) is 0 Å². The number of carbonyl (C=O) groups is 4. The Bertz CT molecular complexity index is 1410. The molecule has 4 rings (SSSR count). The normalized spacial score (nSPS) is 42.1. The quantitative estimate of drug-likeness (QED) is 0.193. The van der Waals surface area contributed by atoms with Gasteiger partial charge in [0.1, 0.15) is 17.9 Å². The van der Waals surface area contributed by atoms with Gasteiger partial charge in [-0.25, -0.2) is 4.79 Å². The summed E-state index contributed by atoms with van der Waals surface area (Å²) in [4.78, 5) is 57.5. The second-order valence-electron chi connectivity index (χ2n) is 17.4. The number of cyclic esters (lactones) is 1. The van der Waals surface area contributed by atoms with Crippen molar-refractivity contribution < 1.29 is 53.4 Å². The summed E-state index contributed by atoms with van der Waals surface area (Å²) in [5, 5.41) is 34.0. The summed E-state index contributed by atoms with van der Waals surface area (Å²) >= 11 is 0. The first-order chi connectivity index (χ1) is 25.9. The number of esters is 1. The zero-order valence-electron chi connectivity index (χ0n) is 34.7. The van der Waals surface area contributed by atoms with E-state index in [9.17, 15) is 34.5 Å². The molecule has 4 aliphatic rings. The van der Waals surface area contributed by atoms with Gasteiger partial charge in [0.25, 0.3) is 11.7 Å². The van der Waals surface area contributed by atoms with E-state index in [2.05, 4.69) is 6.92 Å². The Morgan fingerprint density at radius 1 is 0.945 bits per heavy atom. The van der Waals surface area contributed by atoms with Gasteiger partial charge in [0.15, 0.2) is 0 Å². The number of allylic oxidation sites excluding steroid dienone is 3. The highest BCUT2D eigenvalue weighted by Crippen LogP contribution is 2.40. The molecule has 12 nitrogen and oxygen atoms in total. The molecule has 1 amide bonds. The lowest BCUT2D eigenvalue weighted by Gasteiger charge is -2.46. The van der Waals surface area contributed by atoms with Gasteiger partial charge in [0.2, 0.25) is 5.79 Å². The van der Waals surface area contributed by atoms with Crippen LogP contribution < -0.4 is 0 Å². The highest BCUT2D eigenvalue weighted by atomic mass is 16.7. The van der Waals surface area contributed by atoms with E-state index >= 15 is 0 Å². The highest BCUT2D eigenvalue weighted by Gasteiger charge is 2.55. The van der Waals surface area contributed by atoms with Gasteiger partial charge in [0, 0.05) is 44.9 Å². The zero-order valence-corrected chi connectivity index (χ0v) is 34.7. The van der Waals surface area contributed by atoms with Crippen molar-refractivity contribution in [3.63, 3.8) is 0 Å². The summed E-state index contributed by atoms with van der Waals surface area (Å²) in [6, 6.07) is -1.11. The number of ether oxygens (including phenoxy) is 4. The summed E-state index contributed by atoms with van der Waals surface area (Å²) in [6.45, 7) is 13.4. The molecule has 2 saturated heterocycles. The number of carbonyl (C=O) groups excluding carboxylic acids is 4. The third kappa shape index (κ3) is 10.7. The average Bonchev–Trinajstić information content (AvgIpc) is 3.15. The first-order valence-corrected chi connectivity index (χ1v) is 20.7. The number of aliphatic hydroxyl groups excluding tert-OH is 2. The fourth-order valence-corrected chi connectivity index (χ4v) is 9.54. The first-order valence-electron chi connectivity index (χ1n) is 20.7. The molecule has 0 radical (unpaired) electrons. The summed E-state index contributed by atoms with van der Waals surface area (Å²) in [7, 11) is 3.14. The summed E-state index contributed by atoms with van der Waals surface area (Å²) in [6.07, 6.45) is 5.07. The van der Waals surface area contributed by atoms with Gasteiger partial charge in [-0.1, -0.05) is 52.3 Å². The smallest absolute Gasteiger partial charge is 0.329 e. The van der Waals surface area contributed by atoms with E-state index in [1.165, 1.54) is 4.90 Å². The molecule has 3 heterocycles. The molecule has 0 aromatic rings. The van der Waals surface area contributed by atoms with Crippen LogP contribution in [-0.4, -0.2) is 113 Å². The molecule has 0 aromatic carbocycles. The Kier molecular flexibility index (Phi) is 16.3. The van der Waals surface area contributed by atoms with Gasteiger partial charge in [-0.05, 0) is 101 Å². The third-order valence-corrected chi connectivity index (χ3v) is 12.9. The number of ketones is 2. The predicted octanol–water partition coefficient (Wildman–Crippen LogP) is 5.09. The largest absolute Gasteiger partial charge is 0.456 e. The number of piperidine rings is 1. The minimum Gasteiger partial charge on any atom is -0.456 e. The van der Waals surface area contributed by atoms with Crippen LogP contribution in [0.15, 0.2) is 23.3 Å². The lowest BCUT2D eigenvalue weighted by atomic mass is 9.78. The van der Waals surface area contributed by atoms with Crippen molar-refractivity contribution in [2.45, 2.75) is 168 Å². The fourth-order valence-electron chi connectivity index (χ4n) is 9.54. The Morgan fingerprint density at radius 2 is 1.64 bits per heavy atom. The molecule has 1 saturated carbocycles. The second-order valence-corrected chi connectivity index (χ2v) is 17.4. The van der Waals surface area contributed by atoms with Crippen molar-refractivity contribution >= 4 is 23.4 Å². The van der Waals surface area contributed by atoms with E-state index in [1.54, 1.807) is 28.1 Å². The van der Waals surface area contributed by atoms with Gasteiger partial charge >= 0.3 is 5.97 Å². The van der Waals surface area contributed by atoms with Gasteiger partial charge in [0.05, 0.1) is 30.5 Å². The molecular weight excluding hydrogens is 706 g/mol. The van der Waals surface area contributed by atoms with Gasteiger partial charge < -0.3 is 39.2 Å². The number of amides is 1. The average molecular weight is 776 g/mol. The number of hydrogen-bond acceptors (Lipinski definition) is 11. The lowest BCUT2D eigenvalue weighted by molar-refractivity contribution is -0.290. The van der Waals surface area contributed by atoms with Crippen LogP contribution in [0.1, 0.15) is 119 Å². The number of methoxy groups -OCH3 is 2. The second kappa shape index (κ2) is 19.8. The fraction of sp³-hybridized carbons (Fsp3) is 0.814. The Hall–Kier alpha value is -2.48. The van der Waals surface area contributed by atoms with Crippen molar-refractivity contribution in [2.24, 2.45) is 35.5 Å². The standard InChI is InChI=1S/C43H69NO11/c1-10-31-18-24(2)17-25(3)19-37(53-9)39-26(4)20-28(6)43(51,55-39)40(48)41(49)44-16-12-11-13-32(44)42(50)54-38(29(7)34(46)23-35(31)47)27(5)21-30-14-15-33(45)36(22-30)52-8/h18,21,25-26,28-34,36-39,45-46,51H,10-17,19-20,22-23H2,1-9H3/b24-18+,27-21+/t25-,26-,28+,29+,30-,31+,32?,33+,34-,36+,37-,38+,39-,43+/m0/s1. The highest BCUT2D eigenvalue weighted by molar-refractivity contribution is 6.39. The minimum atomic E-state index is -2.42. The molecule has 3 fully saturated rings. The summed E-state index contributed by atoms with van der Waals surface area (Å²) in [5.74, 6) is -7.17. The maximum atomic E-state index is 14.3. The maximum absolute atomic E-state index is 14.3. The van der Waals surface area contributed by atoms with E-state index in [0.29, 0.717) is 63.4 Å². The van der Waals surface area contributed by atoms with Crippen LogP contribution in [0.4, 0.5) is 0 Å². The topological polar surface area (TPSA) is 169 Å². The number of Topliss-reactive ketones (excluding diaryl/α,β-unsaturated/α-hetero) is 2. The third-order valence-electron chi connectivity index (χ3n) is 12.9. The van der Waals surface area contributed by atoms with E-state index < -0.39 is 77.8 Å². The molecule has 55 heavy (non-hydrogen) atoms. The van der Waals surface area contributed by atoms with Crippen LogP contribution in [0.5, 0.6) is 0 Å². The number of fused-ring (bicyclic) bond motifs is 3. The number of aliphatic hydroxyl groups is 3. The van der Waals surface area contributed by atoms with E-state index in [-0.39, 0.29) is 49.0 Å². The molecule has 0 spiro atoms. The monoisotopic (exact) mass is 775 g/mol. The van der Waals surface area contributed by atoms with Crippen LogP contribution >= 0.6 is 0 Å². The molecule has 14 atom stereocenters. The zero-order chi connectivity index (χ0) is 40.8. The van der Waals surface area contributed by atoms with Crippen LogP contribution in [0.3, 0.4) is 0 Å². The van der Waals surface area contributed by atoms with E-state index in [0.717, 1.165) is 5.57 Å². The SMILES string of the molecule is CC[C@@H]1/C=C(\C)C[C@H](C)C[C@H](OC)[C@H]2O[C@@](O)(C(=O)C(=O)N3CCCCC3C(=O)O[C@H](/C(C)=C/[C@@H]3CC[C@@H](O)[C@H](OC)C3)[C@H](C)[C@@H](O)CC1=O)[C@H](C)C[C@@H]2C. The van der Waals surface area contributed by atoms with Crippen LogP contribution in [0, 0.1) is 35.5 Å². The molecular formula is C43H69NO11. The molecule has 3 N–H and O–H groups in total. The van der Waals surface area contributed by atoms with Gasteiger partial charge in [-0.2, -0.15) is 0 Å². The van der Waals surface area contributed by atoms with Crippen molar-refractivity contribution in [1.82, 2.24) is 4.90 Å². The first kappa shape index (κ1) is 45.2. The molecule has 1 unspecified atom stereocenters. The Morgan fingerprint density at radius 3 is 2.29 bits per heavy atom. The number of hydrogen-bond donors (Lipinski definition) is 3. The number of nitrogens with zero attached hydrogens (tertiary/aromatic N) is 1. The number of rotatable bonds is 5. The molecule has 12 heteroatoms. The maximum Gasteiger partial charge on any atom is 0.329 e. The van der Waals surface area contributed by atoms with Crippen LogP contribution in [-0.2, 0) is 38.1 Å². The molecule has 0 aromatic heterocycles. The summed E-state index contributed by atoms with van der Waals surface area (Å²) in [5.41, 5.74) is 1.70. The van der Waals surface area contributed by atoms with Crippen molar-refractivity contribution in [3.8, 4) is 0 Å². The van der Waals surface area contributed by atoms with Gasteiger partial charge in [-0.3, -0.25) is 14.4 Å². The Labute approximate surface area is 328 Å². The van der Waals surface area contributed by atoms with E-state index in [1.807, 2.05) is 39.8 Å². The van der Waals surface area contributed by atoms with Crippen LogP contribution in [0.2, 0.25) is 0 Å². The predicted molar refractivity (Wildman–Crippen MR) is 206 cm³/mol. The summed E-state index contributed by atoms with van der Waals surface area (Å²) < 4.78 is 24.0.